The van der Waals surface area contributed by atoms with Crippen molar-refractivity contribution in [3.63, 3.8) is 0 Å². The Morgan fingerprint density at radius 2 is 1.84 bits per heavy atom. The number of amides is 1. The number of halogens is 2. The summed E-state index contributed by atoms with van der Waals surface area (Å²) in [6.07, 6.45) is 6.27. The lowest BCUT2D eigenvalue weighted by Gasteiger charge is -2.07. The summed E-state index contributed by atoms with van der Waals surface area (Å²) in [5.74, 6) is 0.0899. The minimum absolute atomic E-state index is 0.259. The highest BCUT2D eigenvalue weighted by Gasteiger charge is 2.08. The van der Waals surface area contributed by atoms with Crippen LogP contribution in [-0.2, 0) is 6.54 Å². The first-order valence-electron chi connectivity index (χ1n) is 7.33. The second-order valence-corrected chi connectivity index (χ2v) is 5.91. The van der Waals surface area contributed by atoms with Crippen molar-refractivity contribution in [3.8, 4) is 0 Å². The van der Waals surface area contributed by atoms with E-state index in [4.69, 9.17) is 23.2 Å². The highest BCUT2D eigenvalue weighted by atomic mass is 35.5. The van der Waals surface area contributed by atoms with Gasteiger partial charge in [0.25, 0.3) is 5.91 Å². The predicted octanol–water partition coefficient (Wildman–Crippen LogP) is 3.85. The van der Waals surface area contributed by atoms with Crippen molar-refractivity contribution in [2.75, 3.05) is 5.32 Å². The van der Waals surface area contributed by atoms with Crippen LogP contribution in [0.2, 0.25) is 10.0 Å². The lowest BCUT2D eigenvalue weighted by atomic mass is 10.2. The van der Waals surface area contributed by atoms with Gasteiger partial charge in [0.1, 0.15) is 0 Å². The molecular weight excluding hydrogens is 361 g/mol. The Morgan fingerprint density at radius 1 is 1.04 bits per heavy atom. The monoisotopic (exact) mass is 373 g/mol. The average molecular weight is 374 g/mol. The maximum Gasteiger partial charge on any atom is 0.254 e. The normalized spacial score (nSPS) is 10.3. The number of rotatable bonds is 5. The van der Waals surface area contributed by atoms with E-state index in [1.165, 1.54) is 12.4 Å². The van der Waals surface area contributed by atoms with Crippen LogP contribution in [0.4, 0.5) is 11.6 Å². The Balaban J connectivity index is 1.61. The number of aromatic nitrogens is 3. The van der Waals surface area contributed by atoms with Gasteiger partial charge in [-0.3, -0.25) is 9.78 Å². The molecule has 0 bridgehead atoms. The Kier molecular flexibility index (Phi) is 5.42. The van der Waals surface area contributed by atoms with Gasteiger partial charge in [0.15, 0.2) is 0 Å². The summed E-state index contributed by atoms with van der Waals surface area (Å²) >= 11 is 11.8. The predicted molar refractivity (Wildman–Crippen MR) is 97.2 cm³/mol. The van der Waals surface area contributed by atoms with Gasteiger partial charge in [0.2, 0.25) is 5.95 Å². The molecule has 0 fully saturated rings. The summed E-state index contributed by atoms with van der Waals surface area (Å²) in [5, 5.41) is 6.67. The van der Waals surface area contributed by atoms with Gasteiger partial charge in [-0.2, -0.15) is 0 Å². The van der Waals surface area contributed by atoms with E-state index in [2.05, 4.69) is 25.6 Å². The zero-order chi connectivity index (χ0) is 17.6. The van der Waals surface area contributed by atoms with Crippen LogP contribution in [0.25, 0.3) is 0 Å². The number of carbonyl (C=O) groups is 1. The van der Waals surface area contributed by atoms with Crippen molar-refractivity contribution in [3.05, 3.63) is 76.3 Å². The number of carbonyl (C=O) groups excluding carboxylic acids is 1. The van der Waals surface area contributed by atoms with Crippen LogP contribution in [0, 0.1) is 0 Å². The number of nitrogens with zero attached hydrogens (tertiary/aromatic N) is 3. The second-order valence-electron chi connectivity index (χ2n) is 5.09. The van der Waals surface area contributed by atoms with Gasteiger partial charge < -0.3 is 10.6 Å². The molecule has 126 valence electrons. The number of hydrogen-bond acceptors (Lipinski definition) is 5. The maximum absolute atomic E-state index is 12.1. The molecule has 2 N–H and O–H groups in total. The van der Waals surface area contributed by atoms with E-state index in [1.807, 2.05) is 12.1 Å². The molecule has 6 nitrogen and oxygen atoms in total. The van der Waals surface area contributed by atoms with E-state index in [0.717, 1.165) is 5.56 Å². The van der Waals surface area contributed by atoms with E-state index in [1.54, 1.807) is 30.6 Å². The van der Waals surface area contributed by atoms with Crippen LogP contribution in [0.3, 0.4) is 0 Å². The highest BCUT2D eigenvalue weighted by molar-refractivity contribution is 6.42. The van der Waals surface area contributed by atoms with Gasteiger partial charge in [-0.05, 0) is 29.8 Å². The largest absolute Gasteiger partial charge is 0.348 e. The van der Waals surface area contributed by atoms with E-state index in [0.29, 0.717) is 33.8 Å². The van der Waals surface area contributed by atoms with Crippen LogP contribution >= 0.6 is 23.2 Å². The van der Waals surface area contributed by atoms with Crippen molar-refractivity contribution in [1.82, 2.24) is 20.3 Å². The van der Waals surface area contributed by atoms with Gasteiger partial charge >= 0.3 is 0 Å². The number of benzene rings is 1. The second kappa shape index (κ2) is 7.92. The highest BCUT2D eigenvalue weighted by Crippen LogP contribution is 2.26. The van der Waals surface area contributed by atoms with Gasteiger partial charge in [0.05, 0.1) is 15.6 Å². The van der Waals surface area contributed by atoms with E-state index in [-0.39, 0.29) is 5.91 Å². The first kappa shape index (κ1) is 17.1. The summed E-state index contributed by atoms with van der Waals surface area (Å²) < 4.78 is 0. The van der Waals surface area contributed by atoms with Crippen LogP contribution in [-0.4, -0.2) is 20.9 Å². The molecule has 0 atom stereocenters. The molecule has 0 aliphatic heterocycles. The number of anilines is 2. The van der Waals surface area contributed by atoms with Gasteiger partial charge in [-0.15, -0.1) is 0 Å². The molecule has 0 aliphatic carbocycles. The summed E-state index contributed by atoms with van der Waals surface area (Å²) in [6, 6.07) is 8.79. The summed E-state index contributed by atoms with van der Waals surface area (Å²) in [6.45, 7) is 0.385. The summed E-state index contributed by atoms with van der Waals surface area (Å²) in [4.78, 5) is 24.4. The molecular formula is C17H13Cl2N5O. The lowest BCUT2D eigenvalue weighted by molar-refractivity contribution is 0.0950. The Labute approximate surface area is 154 Å². The molecule has 3 aromatic rings. The molecule has 3 rings (SSSR count). The van der Waals surface area contributed by atoms with Crippen molar-refractivity contribution in [2.24, 2.45) is 0 Å². The first-order chi connectivity index (χ1) is 12.1. The van der Waals surface area contributed by atoms with Crippen molar-refractivity contribution < 1.29 is 4.79 Å². The Bertz CT molecular complexity index is 872. The fraction of sp³-hybridized carbons (Fsp3) is 0.0588. The molecule has 2 heterocycles. The third kappa shape index (κ3) is 4.65. The fourth-order valence-electron chi connectivity index (χ4n) is 2.00. The van der Waals surface area contributed by atoms with Crippen molar-refractivity contribution in [1.29, 1.82) is 0 Å². The van der Waals surface area contributed by atoms with Crippen LogP contribution in [0.15, 0.2) is 55.1 Å². The van der Waals surface area contributed by atoms with Crippen LogP contribution in [0.1, 0.15) is 15.9 Å². The molecule has 0 unspecified atom stereocenters. The molecule has 0 radical (unpaired) electrons. The third-order valence-corrected chi connectivity index (χ3v) is 4.00. The quantitative estimate of drug-likeness (QED) is 0.709. The van der Waals surface area contributed by atoms with E-state index < -0.39 is 0 Å². The van der Waals surface area contributed by atoms with Crippen LogP contribution < -0.4 is 10.6 Å². The first-order valence-corrected chi connectivity index (χ1v) is 8.08. The topological polar surface area (TPSA) is 79.8 Å². The van der Waals surface area contributed by atoms with E-state index >= 15 is 0 Å². The minimum Gasteiger partial charge on any atom is -0.348 e. The number of pyridine rings is 1. The van der Waals surface area contributed by atoms with Gasteiger partial charge in [-0.1, -0.05) is 29.3 Å². The zero-order valence-corrected chi connectivity index (χ0v) is 14.4. The van der Waals surface area contributed by atoms with Gasteiger partial charge in [-0.25, -0.2) is 9.97 Å². The summed E-state index contributed by atoms with van der Waals surface area (Å²) in [5.41, 5.74) is 1.97. The minimum atomic E-state index is -0.259. The van der Waals surface area contributed by atoms with Crippen molar-refractivity contribution >= 4 is 40.7 Å². The Hall–Kier alpha value is -2.70. The fourth-order valence-corrected chi connectivity index (χ4v) is 2.30. The molecule has 0 spiro atoms. The van der Waals surface area contributed by atoms with Gasteiger partial charge in [0, 0.05) is 37.0 Å². The molecule has 1 aromatic carbocycles. The average Bonchev–Trinajstić information content (AvgIpc) is 2.64. The zero-order valence-electron chi connectivity index (χ0n) is 12.9. The molecule has 25 heavy (non-hydrogen) atoms. The van der Waals surface area contributed by atoms with E-state index in [9.17, 15) is 4.79 Å². The molecule has 0 saturated carbocycles. The number of hydrogen-bond donors (Lipinski definition) is 2. The molecule has 0 aliphatic rings. The third-order valence-electron chi connectivity index (χ3n) is 3.27. The number of nitrogens with one attached hydrogen (secondary N) is 2. The molecule has 2 aromatic heterocycles. The molecule has 1 amide bonds. The lowest BCUT2D eigenvalue weighted by Crippen LogP contribution is -2.23. The maximum atomic E-state index is 12.1. The smallest absolute Gasteiger partial charge is 0.254 e. The standard InChI is InChI=1S/C17H13Cl2N5O/c18-14-4-3-13(6-15(14)19)24-17-22-9-12(10-23-17)16(25)21-8-11-2-1-5-20-7-11/h1-7,9-10H,8H2,(H,21,25)(H,22,23,24). The summed E-state index contributed by atoms with van der Waals surface area (Å²) in [7, 11) is 0. The SMILES string of the molecule is O=C(NCc1cccnc1)c1cnc(Nc2ccc(Cl)c(Cl)c2)nc1. The Morgan fingerprint density at radius 3 is 2.52 bits per heavy atom. The molecule has 0 saturated heterocycles. The molecule has 8 heteroatoms. The van der Waals surface area contributed by atoms with Crippen molar-refractivity contribution in [2.45, 2.75) is 6.54 Å². The van der Waals surface area contributed by atoms with Crippen LogP contribution in [0.5, 0.6) is 0 Å².